The highest BCUT2D eigenvalue weighted by atomic mass is 14.9. The lowest BCUT2D eigenvalue weighted by atomic mass is 10.3. The van der Waals surface area contributed by atoms with E-state index in [1.807, 2.05) is 13.8 Å². The Labute approximate surface area is 103 Å². The molecule has 0 aromatic heterocycles. The quantitative estimate of drug-likeness (QED) is 0.477. The lowest BCUT2D eigenvalue weighted by Crippen LogP contribution is -1.89. The maximum Gasteiger partial charge on any atom is 0.110 e. The van der Waals surface area contributed by atoms with E-state index in [0.717, 1.165) is 11.3 Å². The van der Waals surface area contributed by atoms with Gasteiger partial charge in [0.2, 0.25) is 0 Å². The summed E-state index contributed by atoms with van der Waals surface area (Å²) in [6, 6.07) is 0. The van der Waals surface area contributed by atoms with Crippen LogP contribution < -0.4 is 0 Å². The van der Waals surface area contributed by atoms with E-state index in [1.54, 1.807) is 24.7 Å². The molecule has 4 heteroatoms. The molecule has 0 bridgehead atoms. The fraction of sp³-hybridized carbons (Fsp3) is 0.231. The van der Waals surface area contributed by atoms with Crippen LogP contribution in [-0.2, 0) is 0 Å². The molecule has 0 spiro atoms. The Morgan fingerprint density at radius 2 is 2.06 bits per heavy atom. The molecular weight excluding hydrogens is 212 g/mol. The average molecular weight is 230 g/mol. The van der Waals surface area contributed by atoms with Crippen LogP contribution in [0.3, 0.4) is 0 Å². The van der Waals surface area contributed by atoms with Crippen molar-refractivity contribution in [2.75, 3.05) is 6.54 Å². The van der Waals surface area contributed by atoms with Crippen LogP contribution in [0.2, 0.25) is 0 Å². The zero-order valence-electron chi connectivity index (χ0n) is 10.4. The molecule has 90 valence electrons. The van der Waals surface area contributed by atoms with Crippen LogP contribution in [0.5, 0.6) is 0 Å². The zero-order valence-corrected chi connectivity index (χ0v) is 10.4. The second kappa shape index (κ2) is 10.4. The number of hydrogen-bond donors (Lipinski definition) is 0. The SMILES string of the molecule is C=CN=CC(=C)CN=CN=C(C)/C=C/N=CC. The third-order valence-electron chi connectivity index (χ3n) is 1.55. The van der Waals surface area contributed by atoms with Crippen molar-refractivity contribution in [3.63, 3.8) is 0 Å². The maximum absolute atomic E-state index is 4.11. The summed E-state index contributed by atoms with van der Waals surface area (Å²) in [5.74, 6) is 0. The molecule has 0 saturated heterocycles. The van der Waals surface area contributed by atoms with Gasteiger partial charge in [-0.2, -0.15) is 0 Å². The van der Waals surface area contributed by atoms with E-state index >= 15 is 0 Å². The molecule has 0 heterocycles. The minimum Gasteiger partial charge on any atom is -0.269 e. The van der Waals surface area contributed by atoms with Crippen molar-refractivity contribution in [3.8, 4) is 0 Å². The van der Waals surface area contributed by atoms with Crippen LogP contribution in [0, 0.1) is 0 Å². The third-order valence-corrected chi connectivity index (χ3v) is 1.55. The predicted molar refractivity (Wildman–Crippen MR) is 77.6 cm³/mol. The molecule has 4 nitrogen and oxygen atoms in total. The molecule has 0 aliphatic heterocycles. The predicted octanol–water partition coefficient (Wildman–Crippen LogP) is 2.85. The first-order valence-corrected chi connectivity index (χ1v) is 5.19. The summed E-state index contributed by atoms with van der Waals surface area (Å²) in [4.78, 5) is 16.0. The van der Waals surface area contributed by atoms with Crippen molar-refractivity contribution in [2.45, 2.75) is 13.8 Å². The molecule has 0 saturated carbocycles. The van der Waals surface area contributed by atoms with Crippen molar-refractivity contribution in [2.24, 2.45) is 20.0 Å². The number of allylic oxidation sites excluding steroid dienone is 1. The summed E-state index contributed by atoms with van der Waals surface area (Å²) in [6.07, 6.45) is 9.78. The van der Waals surface area contributed by atoms with E-state index < -0.39 is 0 Å². The molecule has 17 heavy (non-hydrogen) atoms. The van der Waals surface area contributed by atoms with Gasteiger partial charge >= 0.3 is 0 Å². The van der Waals surface area contributed by atoms with Crippen LogP contribution in [0.1, 0.15) is 13.8 Å². The summed E-state index contributed by atoms with van der Waals surface area (Å²) >= 11 is 0. The van der Waals surface area contributed by atoms with Crippen molar-refractivity contribution >= 4 is 24.5 Å². The molecule has 0 aromatic rings. The smallest absolute Gasteiger partial charge is 0.110 e. The molecule has 0 aliphatic rings. The zero-order chi connectivity index (χ0) is 12.9. The lowest BCUT2D eigenvalue weighted by molar-refractivity contribution is 1.22. The second-order valence-corrected chi connectivity index (χ2v) is 3.07. The Morgan fingerprint density at radius 1 is 1.29 bits per heavy atom. The summed E-state index contributed by atoms with van der Waals surface area (Å²) in [7, 11) is 0. The Kier molecular flexibility index (Phi) is 9.13. The molecular formula is C13H18N4. The number of aliphatic imine (C=N–C) groups is 4. The van der Waals surface area contributed by atoms with Gasteiger partial charge in [0.15, 0.2) is 0 Å². The molecule has 0 unspecified atom stereocenters. The van der Waals surface area contributed by atoms with Crippen molar-refractivity contribution < 1.29 is 0 Å². The number of nitrogens with zero attached hydrogens (tertiary/aromatic N) is 4. The Hall–Kier alpha value is -2.10. The Bertz CT molecular complexity index is 384. The molecule has 0 atom stereocenters. The minimum absolute atomic E-state index is 0.477. The summed E-state index contributed by atoms with van der Waals surface area (Å²) in [6.45, 7) is 11.5. The molecule has 0 aromatic carbocycles. The van der Waals surface area contributed by atoms with Gasteiger partial charge in [-0.15, -0.1) is 0 Å². The highest BCUT2D eigenvalue weighted by Gasteiger charge is 1.84. The van der Waals surface area contributed by atoms with E-state index in [4.69, 9.17) is 0 Å². The van der Waals surface area contributed by atoms with E-state index in [2.05, 4.69) is 33.1 Å². The summed E-state index contributed by atoms with van der Waals surface area (Å²) < 4.78 is 0. The van der Waals surface area contributed by atoms with Gasteiger partial charge in [-0.1, -0.05) is 13.2 Å². The summed E-state index contributed by atoms with van der Waals surface area (Å²) in [5, 5.41) is 0. The van der Waals surface area contributed by atoms with Gasteiger partial charge in [-0.3, -0.25) is 15.0 Å². The first-order chi connectivity index (χ1) is 8.20. The van der Waals surface area contributed by atoms with Crippen molar-refractivity contribution in [1.29, 1.82) is 0 Å². The van der Waals surface area contributed by atoms with Gasteiger partial charge in [0, 0.05) is 30.5 Å². The van der Waals surface area contributed by atoms with Crippen LogP contribution in [0.15, 0.2) is 57.2 Å². The topological polar surface area (TPSA) is 49.4 Å². The van der Waals surface area contributed by atoms with E-state index in [0.29, 0.717) is 6.54 Å². The number of rotatable bonds is 7. The molecule has 0 amide bonds. The van der Waals surface area contributed by atoms with Crippen molar-refractivity contribution in [3.05, 3.63) is 37.2 Å². The van der Waals surface area contributed by atoms with Crippen LogP contribution in [0.25, 0.3) is 0 Å². The molecule has 0 radical (unpaired) electrons. The maximum atomic E-state index is 4.11. The van der Waals surface area contributed by atoms with Gasteiger partial charge in [-0.25, -0.2) is 4.99 Å². The fourth-order valence-corrected chi connectivity index (χ4v) is 0.769. The van der Waals surface area contributed by atoms with Gasteiger partial charge < -0.3 is 0 Å². The Morgan fingerprint density at radius 3 is 2.71 bits per heavy atom. The van der Waals surface area contributed by atoms with Gasteiger partial charge in [-0.05, 0) is 25.5 Å². The standard InChI is InChI=1S/C13H18N4/c1-5-14-8-7-13(4)17-11-16-10-12(3)9-15-6-2/h5-9,11H,2-3,10H2,1,4H3/b8-7+,14-5?,15-9?,16-11?,17-13?. The largest absolute Gasteiger partial charge is 0.269 e. The van der Waals surface area contributed by atoms with Gasteiger partial charge in [0.25, 0.3) is 0 Å². The van der Waals surface area contributed by atoms with Crippen LogP contribution in [-0.4, -0.2) is 31.0 Å². The van der Waals surface area contributed by atoms with E-state index in [-0.39, 0.29) is 0 Å². The molecule has 0 N–H and O–H groups in total. The van der Waals surface area contributed by atoms with E-state index in [9.17, 15) is 0 Å². The van der Waals surface area contributed by atoms with Crippen molar-refractivity contribution in [1.82, 2.24) is 0 Å². The average Bonchev–Trinajstić information content (AvgIpc) is 2.32. The highest BCUT2D eigenvalue weighted by Crippen LogP contribution is 1.87. The molecule has 0 fully saturated rings. The Balaban J connectivity index is 4.09. The first-order valence-electron chi connectivity index (χ1n) is 5.19. The van der Waals surface area contributed by atoms with Crippen LogP contribution in [0.4, 0.5) is 0 Å². The second-order valence-electron chi connectivity index (χ2n) is 3.07. The van der Waals surface area contributed by atoms with Crippen LogP contribution >= 0.6 is 0 Å². The molecule has 0 rings (SSSR count). The third kappa shape index (κ3) is 10.2. The van der Waals surface area contributed by atoms with E-state index in [1.165, 1.54) is 12.5 Å². The lowest BCUT2D eigenvalue weighted by Gasteiger charge is -1.90. The summed E-state index contributed by atoms with van der Waals surface area (Å²) in [5.41, 5.74) is 1.64. The fourth-order valence-electron chi connectivity index (χ4n) is 0.769. The number of hydrogen-bond acceptors (Lipinski definition) is 3. The first kappa shape index (κ1) is 14.9. The normalized spacial score (nSPS) is 13.4. The highest BCUT2D eigenvalue weighted by molar-refractivity contribution is 5.97. The monoisotopic (exact) mass is 230 g/mol. The molecule has 0 aliphatic carbocycles. The minimum atomic E-state index is 0.477. The van der Waals surface area contributed by atoms with Gasteiger partial charge in [0.05, 0.1) is 6.54 Å². The van der Waals surface area contributed by atoms with Gasteiger partial charge in [0.1, 0.15) is 6.34 Å².